The molecule has 26 heavy (non-hydrogen) atoms. The molecule has 0 radical (unpaired) electrons. The van der Waals surface area contributed by atoms with Crippen LogP contribution in [-0.4, -0.2) is 19.0 Å². The SMILES string of the molecule is CO[C@H]1CC[C@]2(CC1)Cc1ccc(Oc3cc(Cl)cc(Cl)c3)cc1C2=O. The number of carbonyl (C=O) groups is 1. The molecule has 0 aromatic heterocycles. The highest BCUT2D eigenvalue weighted by Crippen LogP contribution is 2.48. The number of Topliss-reactive ketones (excluding diaryl/α,β-unsaturated/α-hetero) is 1. The van der Waals surface area contributed by atoms with E-state index in [-0.39, 0.29) is 17.3 Å². The number of hydrogen-bond donors (Lipinski definition) is 0. The summed E-state index contributed by atoms with van der Waals surface area (Å²) in [6.45, 7) is 0. The Labute approximate surface area is 163 Å². The largest absolute Gasteiger partial charge is 0.457 e. The number of ketones is 1. The molecule has 0 saturated heterocycles. The van der Waals surface area contributed by atoms with Gasteiger partial charge in [0, 0.05) is 28.1 Å². The van der Waals surface area contributed by atoms with E-state index < -0.39 is 0 Å². The molecule has 0 bridgehead atoms. The molecule has 0 atom stereocenters. The summed E-state index contributed by atoms with van der Waals surface area (Å²) < 4.78 is 11.3. The second kappa shape index (κ2) is 6.88. The number of benzene rings is 2. The van der Waals surface area contributed by atoms with E-state index in [0.717, 1.165) is 43.2 Å². The number of halogens is 2. The summed E-state index contributed by atoms with van der Waals surface area (Å²) >= 11 is 12.1. The van der Waals surface area contributed by atoms with Crippen molar-refractivity contribution in [1.29, 1.82) is 0 Å². The van der Waals surface area contributed by atoms with E-state index in [1.54, 1.807) is 25.3 Å². The zero-order valence-corrected chi connectivity index (χ0v) is 16.1. The van der Waals surface area contributed by atoms with E-state index in [1.165, 1.54) is 0 Å². The lowest BCUT2D eigenvalue weighted by atomic mass is 9.70. The zero-order valence-electron chi connectivity index (χ0n) is 14.6. The van der Waals surface area contributed by atoms with Crippen LogP contribution >= 0.6 is 23.2 Å². The molecule has 0 amide bonds. The minimum absolute atomic E-state index is 0.247. The summed E-state index contributed by atoms with van der Waals surface area (Å²) in [6, 6.07) is 10.8. The van der Waals surface area contributed by atoms with Crippen LogP contribution < -0.4 is 4.74 Å². The highest BCUT2D eigenvalue weighted by Gasteiger charge is 2.47. The maximum Gasteiger partial charge on any atom is 0.169 e. The van der Waals surface area contributed by atoms with E-state index in [1.807, 2.05) is 18.2 Å². The Balaban J connectivity index is 1.57. The van der Waals surface area contributed by atoms with Gasteiger partial charge in [0.05, 0.1) is 6.10 Å². The van der Waals surface area contributed by atoms with Gasteiger partial charge in [-0.25, -0.2) is 0 Å². The van der Waals surface area contributed by atoms with Crippen LogP contribution in [0.5, 0.6) is 11.5 Å². The zero-order chi connectivity index (χ0) is 18.3. The second-order valence-corrected chi connectivity index (χ2v) is 8.12. The van der Waals surface area contributed by atoms with Gasteiger partial charge in [-0.1, -0.05) is 29.3 Å². The predicted molar refractivity (Wildman–Crippen MR) is 103 cm³/mol. The Morgan fingerprint density at radius 3 is 2.35 bits per heavy atom. The maximum atomic E-state index is 13.1. The van der Waals surface area contributed by atoms with Gasteiger partial charge >= 0.3 is 0 Å². The fraction of sp³-hybridized carbons (Fsp3) is 0.381. The molecule has 3 nitrogen and oxygen atoms in total. The van der Waals surface area contributed by atoms with Crippen molar-refractivity contribution < 1.29 is 14.3 Å². The molecule has 4 rings (SSSR count). The molecule has 2 aromatic rings. The number of rotatable bonds is 3. The van der Waals surface area contributed by atoms with E-state index in [2.05, 4.69) is 0 Å². The third-order valence-corrected chi connectivity index (χ3v) is 6.07. The van der Waals surface area contributed by atoms with Crippen molar-refractivity contribution in [1.82, 2.24) is 0 Å². The monoisotopic (exact) mass is 390 g/mol. The average molecular weight is 391 g/mol. The fourth-order valence-corrected chi connectivity index (χ4v) is 4.73. The lowest BCUT2D eigenvalue weighted by Gasteiger charge is -2.35. The minimum atomic E-state index is -0.255. The van der Waals surface area contributed by atoms with Crippen molar-refractivity contribution in [3.63, 3.8) is 0 Å². The molecule has 1 fully saturated rings. The lowest BCUT2D eigenvalue weighted by molar-refractivity contribution is 0.0285. The average Bonchev–Trinajstić information content (AvgIpc) is 2.87. The van der Waals surface area contributed by atoms with Crippen molar-refractivity contribution in [2.75, 3.05) is 7.11 Å². The van der Waals surface area contributed by atoms with Gasteiger partial charge in [0.15, 0.2) is 5.78 Å². The van der Waals surface area contributed by atoms with Crippen LogP contribution in [0.25, 0.3) is 0 Å². The molecule has 2 aromatic carbocycles. The normalized spacial score (nSPS) is 24.7. The van der Waals surface area contributed by atoms with Crippen LogP contribution in [0.2, 0.25) is 10.0 Å². The first-order valence-corrected chi connectivity index (χ1v) is 9.59. The molecule has 0 heterocycles. The van der Waals surface area contributed by atoms with Gasteiger partial charge in [-0.15, -0.1) is 0 Å². The minimum Gasteiger partial charge on any atom is -0.457 e. The Morgan fingerprint density at radius 1 is 1.00 bits per heavy atom. The number of fused-ring (bicyclic) bond motifs is 1. The first kappa shape index (κ1) is 17.8. The number of ether oxygens (including phenoxy) is 2. The summed E-state index contributed by atoms with van der Waals surface area (Å²) in [7, 11) is 1.75. The van der Waals surface area contributed by atoms with Gasteiger partial charge in [0.25, 0.3) is 0 Å². The van der Waals surface area contributed by atoms with E-state index in [9.17, 15) is 4.79 Å². The number of methoxy groups -OCH3 is 1. The van der Waals surface area contributed by atoms with Gasteiger partial charge in [-0.3, -0.25) is 4.79 Å². The van der Waals surface area contributed by atoms with Crippen LogP contribution in [0.3, 0.4) is 0 Å². The molecule has 136 valence electrons. The van der Waals surface area contributed by atoms with Gasteiger partial charge < -0.3 is 9.47 Å². The molecule has 0 aliphatic heterocycles. The first-order chi connectivity index (χ1) is 12.5. The highest BCUT2D eigenvalue weighted by molar-refractivity contribution is 6.34. The smallest absolute Gasteiger partial charge is 0.169 e. The van der Waals surface area contributed by atoms with Gasteiger partial charge in [0.2, 0.25) is 0 Å². The van der Waals surface area contributed by atoms with Crippen LogP contribution in [0.1, 0.15) is 41.6 Å². The summed E-state index contributed by atoms with van der Waals surface area (Å²) in [6.07, 6.45) is 4.77. The molecule has 2 aliphatic carbocycles. The van der Waals surface area contributed by atoms with Crippen molar-refractivity contribution in [3.8, 4) is 11.5 Å². The third kappa shape index (κ3) is 3.24. The van der Waals surface area contributed by atoms with E-state index >= 15 is 0 Å². The van der Waals surface area contributed by atoms with Crippen molar-refractivity contribution >= 4 is 29.0 Å². The van der Waals surface area contributed by atoms with Crippen LogP contribution in [0.4, 0.5) is 0 Å². The van der Waals surface area contributed by atoms with Gasteiger partial charge in [0.1, 0.15) is 11.5 Å². The Morgan fingerprint density at radius 2 is 1.69 bits per heavy atom. The van der Waals surface area contributed by atoms with Crippen LogP contribution in [0, 0.1) is 5.41 Å². The fourth-order valence-electron chi connectivity index (χ4n) is 4.22. The standard InChI is InChI=1S/C21H20Cl2O3/c1-25-16-4-6-21(7-5-16)12-13-2-3-17(11-19(13)20(21)24)26-18-9-14(22)8-15(23)10-18/h2-3,8-11,16H,4-7,12H2,1H3/t16-,21-. The summed E-state index contributed by atoms with van der Waals surface area (Å²) in [4.78, 5) is 13.1. The highest BCUT2D eigenvalue weighted by atomic mass is 35.5. The van der Waals surface area contributed by atoms with Crippen molar-refractivity contribution in [2.24, 2.45) is 5.41 Å². The molecule has 0 N–H and O–H groups in total. The molecule has 1 saturated carbocycles. The summed E-state index contributed by atoms with van der Waals surface area (Å²) in [5, 5.41) is 1.03. The third-order valence-electron chi connectivity index (χ3n) is 5.63. The Bertz CT molecular complexity index is 834. The molecule has 5 heteroatoms. The Kier molecular flexibility index (Phi) is 4.72. The van der Waals surface area contributed by atoms with Gasteiger partial charge in [-0.2, -0.15) is 0 Å². The molecular weight excluding hydrogens is 371 g/mol. The molecule has 2 aliphatic rings. The van der Waals surface area contributed by atoms with Crippen molar-refractivity contribution in [3.05, 3.63) is 57.6 Å². The van der Waals surface area contributed by atoms with E-state index in [0.29, 0.717) is 21.5 Å². The number of hydrogen-bond acceptors (Lipinski definition) is 3. The summed E-state index contributed by atoms with van der Waals surface area (Å²) in [5.74, 6) is 1.43. The van der Waals surface area contributed by atoms with Crippen LogP contribution in [-0.2, 0) is 11.2 Å². The second-order valence-electron chi connectivity index (χ2n) is 7.25. The molecule has 1 spiro atoms. The first-order valence-electron chi connectivity index (χ1n) is 8.84. The summed E-state index contributed by atoms with van der Waals surface area (Å²) in [5.41, 5.74) is 1.64. The Hall–Kier alpha value is -1.55. The van der Waals surface area contributed by atoms with Crippen molar-refractivity contribution in [2.45, 2.75) is 38.2 Å². The lowest BCUT2D eigenvalue weighted by Crippen LogP contribution is -2.35. The topological polar surface area (TPSA) is 35.5 Å². The van der Waals surface area contributed by atoms with Gasteiger partial charge in [-0.05, 0) is 68.0 Å². The maximum absolute atomic E-state index is 13.1. The van der Waals surface area contributed by atoms with E-state index in [4.69, 9.17) is 32.7 Å². The number of carbonyl (C=O) groups excluding carboxylic acids is 1. The quantitative estimate of drug-likeness (QED) is 0.634. The molecule has 0 unspecified atom stereocenters. The molecular formula is C21H20Cl2O3. The van der Waals surface area contributed by atoms with Crippen LogP contribution in [0.15, 0.2) is 36.4 Å². The predicted octanol–water partition coefficient (Wildman–Crippen LogP) is 6.10.